The summed E-state index contributed by atoms with van der Waals surface area (Å²) in [4.78, 5) is 11.6. The van der Waals surface area contributed by atoms with Crippen molar-refractivity contribution in [3.63, 3.8) is 0 Å². The van der Waals surface area contributed by atoms with Crippen molar-refractivity contribution in [2.45, 2.75) is 12.5 Å². The van der Waals surface area contributed by atoms with Gasteiger partial charge in [-0.3, -0.25) is 4.79 Å². The summed E-state index contributed by atoms with van der Waals surface area (Å²) in [6.07, 6.45) is 1.42. The number of hydrogen-bond donors (Lipinski definition) is 1. The summed E-state index contributed by atoms with van der Waals surface area (Å²) in [5, 5.41) is 1.09. The van der Waals surface area contributed by atoms with E-state index in [9.17, 15) is 13.2 Å². The number of sulfonamides is 1. The second kappa shape index (κ2) is 8.42. The largest absolute Gasteiger partial charge is 0.469 e. The second-order valence-electron chi connectivity index (χ2n) is 5.12. The molecule has 0 radical (unpaired) electrons. The van der Waals surface area contributed by atoms with E-state index in [1.54, 1.807) is 36.4 Å². The zero-order valence-corrected chi connectivity index (χ0v) is 14.1. The molecule has 1 atom stereocenters. The molecular formula is C18H19NO4S. The maximum absolute atomic E-state index is 12.3. The van der Waals surface area contributed by atoms with Gasteiger partial charge in [-0.25, -0.2) is 13.1 Å². The summed E-state index contributed by atoms with van der Waals surface area (Å²) in [6, 6.07) is 17.3. The molecule has 0 saturated carbocycles. The van der Waals surface area contributed by atoms with E-state index in [0.29, 0.717) is 5.56 Å². The third kappa shape index (κ3) is 5.64. The highest BCUT2D eigenvalue weighted by Crippen LogP contribution is 2.19. The smallest absolute Gasteiger partial charge is 0.307 e. The fraction of sp³-hybridized carbons (Fsp3) is 0.167. The lowest BCUT2D eigenvalue weighted by Crippen LogP contribution is -2.29. The van der Waals surface area contributed by atoms with Crippen LogP contribution in [0, 0.1) is 0 Å². The monoisotopic (exact) mass is 345 g/mol. The molecule has 6 heteroatoms. The zero-order chi connectivity index (χ0) is 17.4. The number of methoxy groups -OCH3 is 1. The Morgan fingerprint density at radius 1 is 1.08 bits per heavy atom. The average molecular weight is 345 g/mol. The molecule has 0 aliphatic carbocycles. The van der Waals surface area contributed by atoms with Crippen LogP contribution in [0.25, 0.3) is 6.08 Å². The molecule has 1 N–H and O–H groups in total. The second-order valence-corrected chi connectivity index (χ2v) is 6.72. The standard InChI is InChI=1S/C18H19NO4S/c1-23-18(20)14-17(16-10-6-3-7-11-16)19-24(21,22)13-12-15-8-4-2-5-9-15/h2-13,17,19H,14H2,1H3/b13-12+. The molecular weight excluding hydrogens is 326 g/mol. The lowest BCUT2D eigenvalue weighted by molar-refractivity contribution is -0.141. The molecule has 0 aliphatic rings. The number of ether oxygens (including phenoxy) is 1. The van der Waals surface area contributed by atoms with Gasteiger partial charge in [0, 0.05) is 5.41 Å². The van der Waals surface area contributed by atoms with Crippen LogP contribution in [0.1, 0.15) is 23.6 Å². The molecule has 2 rings (SSSR count). The Balaban J connectivity index is 2.18. The summed E-state index contributed by atoms with van der Waals surface area (Å²) in [5.74, 6) is -0.487. The van der Waals surface area contributed by atoms with Crippen LogP contribution in [0.2, 0.25) is 0 Å². The first kappa shape index (κ1) is 17.9. The van der Waals surface area contributed by atoms with Crippen LogP contribution in [0.5, 0.6) is 0 Å². The van der Waals surface area contributed by atoms with E-state index in [1.807, 2.05) is 24.3 Å². The van der Waals surface area contributed by atoms with Crippen molar-refractivity contribution in [1.29, 1.82) is 0 Å². The summed E-state index contributed by atoms with van der Waals surface area (Å²) < 4.78 is 31.8. The Labute approximate surface area is 142 Å². The van der Waals surface area contributed by atoms with E-state index >= 15 is 0 Å². The number of benzene rings is 2. The summed E-state index contributed by atoms with van der Waals surface area (Å²) in [5.41, 5.74) is 1.46. The van der Waals surface area contributed by atoms with Crippen LogP contribution in [0.4, 0.5) is 0 Å². The van der Waals surface area contributed by atoms with E-state index in [4.69, 9.17) is 0 Å². The Morgan fingerprint density at radius 2 is 1.67 bits per heavy atom. The lowest BCUT2D eigenvalue weighted by atomic mass is 10.1. The Hall–Kier alpha value is -2.44. The van der Waals surface area contributed by atoms with Crippen molar-refractivity contribution < 1.29 is 17.9 Å². The van der Waals surface area contributed by atoms with Gasteiger partial charge in [-0.05, 0) is 17.2 Å². The maximum atomic E-state index is 12.3. The van der Waals surface area contributed by atoms with E-state index in [1.165, 1.54) is 13.2 Å². The predicted molar refractivity (Wildman–Crippen MR) is 93.3 cm³/mol. The summed E-state index contributed by atoms with van der Waals surface area (Å²) >= 11 is 0. The lowest BCUT2D eigenvalue weighted by Gasteiger charge is -2.17. The van der Waals surface area contributed by atoms with Crippen LogP contribution in [0.3, 0.4) is 0 Å². The van der Waals surface area contributed by atoms with Gasteiger partial charge in [-0.1, -0.05) is 60.7 Å². The molecule has 0 bridgehead atoms. The van der Waals surface area contributed by atoms with Gasteiger partial charge >= 0.3 is 5.97 Å². The number of rotatable bonds is 7. The van der Waals surface area contributed by atoms with Gasteiger partial charge in [0.25, 0.3) is 0 Å². The topological polar surface area (TPSA) is 72.5 Å². The number of carbonyl (C=O) groups excluding carboxylic acids is 1. The van der Waals surface area contributed by atoms with Gasteiger partial charge in [0.2, 0.25) is 10.0 Å². The molecule has 24 heavy (non-hydrogen) atoms. The minimum Gasteiger partial charge on any atom is -0.469 e. The molecule has 5 nitrogen and oxygen atoms in total. The molecule has 0 aromatic heterocycles. The van der Waals surface area contributed by atoms with Crippen LogP contribution < -0.4 is 4.72 Å². The van der Waals surface area contributed by atoms with E-state index in [-0.39, 0.29) is 6.42 Å². The molecule has 2 aromatic rings. The van der Waals surface area contributed by atoms with E-state index in [2.05, 4.69) is 9.46 Å². The van der Waals surface area contributed by atoms with Crippen LogP contribution in [-0.2, 0) is 19.6 Å². The van der Waals surface area contributed by atoms with Gasteiger partial charge in [-0.2, -0.15) is 0 Å². The number of nitrogens with one attached hydrogen (secondary N) is 1. The van der Waals surface area contributed by atoms with E-state index < -0.39 is 22.0 Å². The third-order valence-electron chi connectivity index (χ3n) is 3.35. The molecule has 126 valence electrons. The summed E-state index contributed by atoms with van der Waals surface area (Å²) in [7, 11) is -2.45. The molecule has 2 aromatic carbocycles. The Bertz CT molecular complexity index is 786. The first-order valence-corrected chi connectivity index (χ1v) is 8.92. The van der Waals surface area contributed by atoms with Gasteiger partial charge in [0.1, 0.15) is 0 Å². The number of hydrogen-bond acceptors (Lipinski definition) is 4. The van der Waals surface area contributed by atoms with Gasteiger partial charge < -0.3 is 4.74 Å². The van der Waals surface area contributed by atoms with Crippen molar-refractivity contribution >= 4 is 22.1 Å². The van der Waals surface area contributed by atoms with Crippen molar-refractivity contribution in [2.75, 3.05) is 7.11 Å². The molecule has 0 fully saturated rings. The Morgan fingerprint density at radius 3 is 2.25 bits per heavy atom. The van der Waals surface area contributed by atoms with Gasteiger partial charge in [0.15, 0.2) is 0 Å². The Kier molecular flexibility index (Phi) is 6.28. The SMILES string of the molecule is COC(=O)CC(NS(=O)(=O)/C=C/c1ccccc1)c1ccccc1. The first-order valence-electron chi connectivity index (χ1n) is 7.37. The molecule has 0 spiro atoms. The number of esters is 1. The quantitative estimate of drug-likeness (QED) is 0.783. The highest BCUT2D eigenvalue weighted by Gasteiger charge is 2.21. The van der Waals surface area contributed by atoms with Crippen LogP contribution in [0.15, 0.2) is 66.1 Å². The molecule has 0 amide bonds. The van der Waals surface area contributed by atoms with Crippen molar-refractivity contribution in [1.82, 2.24) is 4.72 Å². The summed E-state index contributed by atoms with van der Waals surface area (Å²) in [6.45, 7) is 0. The molecule has 1 unspecified atom stereocenters. The maximum Gasteiger partial charge on any atom is 0.307 e. The zero-order valence-electron chi connectivity index (χ0n) is 13.3. The minimum absolute atomic E-state index is 0.0844. The van der Waals surface area contributed by atoms with Crippen molar-refractivity contribution in [3.8, 4) is 0 Å². The van der Waals surface area contributed by atoms with Crippen LogP contribution >= 0.6 is 0 Å². The third-order valence-corrected chi connectivity index (χ3v) is 4.45. The van der Waals surface area contributed by atoms with Gasteiger partial charge in [0.05, 0.1) is 19.6 Å². The minimum atomic E-state index is -3.72. The fourth-order valence-electron chi connectivity index (χ4n) is 2.13. The fourth-order valence-corrected chi connectivity index (χ4v) is 3.16. The van der Waals surface area contributed by atoms with Crippen molar-refractivity contribution in [3.05, 3.63) is 77.2 Å². The average Bonchev–Trinajstić information content (AvgIpc) is 2.61. The normalized spacial score (nSPS) is 12.9. The van der Waals surface area contributed by atoms with Crippen LogP contribution in [-0.4, -0.2) is 21.5 Å². The van der Waals surface area contributed by atoms with E-state index in [0.717, 1.165) is 11.0 Å². The highest BCUT2D eigenvalue weighted by atomic mass is 32.2. The van der Waals surface area contributed by atoms with Crippen molar-refractivity contribution in [2.24, 2.45) is 0 Å². The first-order chi connectivity index (χ1) is 11.5. The van der Waals surface area contributed by atoms with Gasteiger partial charge in [-0.15, -0.1) is 0 Å². The predicted octanol–water partition coefficient (Wildman–Crippen LogP) is 2.88. The highest BCUT2D eigenvalue weighted by molar-refractivity contribution is 7.92. The molecule has 0 heterocycles. The molecule has 0 aliphatic heterocycles. The number of carbonyl (C=O) groups is 1. The molecule has 0 saturated heterocycles.